The maximum Gasteiger partial charge on any atom is 0.270 e. The number of benzene rings is 2. The van der Waals surface area contributed by atoms with Crippen molar-refractivity contribution in [2.24, 2.45) is 18.4 Å². The molecule has 3 heterocycles. The first kappa shape index (κ1) is 23.2. The van der Waals surface area contributed by atoms with Gasteiger partial charge in [-0.15, -0.1) is 0 Å². The molecule has 1 aromatic heterocycles. The van der Waals surface area contributed by atoms with Gasteiger partial charge in [0.1, 0.15) is 11.5 Å². The van der Waals surface area contributed by atoms with Crippen molar-refractivity contribution in [1.82, 2.24) is 19.3 Å². The van der Waals surface area contributed by atoms with E-state index in [-0.39, 0.29) is 29.0 Å². The topological polar surface area (TPSA) is 48.8 Å². The Balaban J connectivity index is 1.01. The smallest absolute Gasteiger partial charge is 0.270 e. The van der Waals surface area contributed by atoms with E-state index < -0.39 is 0 Å². The summed E-state index contributed by atoms with van der Waals surface area (Å²) in [6.45, 7) is 5.23. The molecule has 1 aliphatic carbocycles. The molecule has 7 heteroatoms. The number of rotatable bonds is 4. The lowest BCUT2D eigenvalue weighted by atomic mass is 9.90. The molecule has 2 amide bonds. The molecule has 6 nitrogen and oxygen atoms in total. The number of hydrogen-bond acceptors (Lipinski definition) is 3. The van der Waals surface area contributed by atoms with Gasteiger partial charge >= 0.3 is 0 Å². The number of nitrogens with zero attached hydrogens (tertiary/aromatic N) is 4. The highest BCUT2D eigenvalue weighted by atomic mass is 19.1. The second-order valence-corrected chi connectivity index (χ2v) is 10.8. The number of halogens is 1. The standard InChI is InChI=1S/C29H33FN4O2/c1-31-25-8-3-2-6-22(25)18-26(31)28(36)33-11-9-29(10-12-33)19-24(29)27(35)34-15-13-32(14-16-34)20-21-5-4-7-23(30)17-21/h2-8,17-18,24H,9-16,19-20H2,1H3. The van der Waals surface area contributed by atoms with Gasteiger partial charge in [-0.05, 0) is 54.5 Å². The summed E-state index contributed by atoms with van der Waals surface area (Å²) in [4.78, 5) is 32.8. The van der Waals surface area contributed by atoms with Crippen LogP contribution in [0.3, 0.4) is 0 Å². The first-order valence-corrected chi connectivity index (χ1v) is 13.0. The molecule has 2 saturated heterocycles. The molecule has 0 bridgehead atoms. The van der Waals surface area contributed by atoms with E-state index in [1.54, 1.807) is 12.1 Å². The fourth-order valence-electron chi connectivity index (χ4n) is 6.30. The van der Waals surface area contributed by atoms with E-state index in [0.29, 0.717) is 19.6 Å². The van der Waals surface area contributed by atoms with Crippen molar-refractivity contribution in [3.05, 3.63) is 71.7 Å². The number of aryl methyl sites for hydroxylation is 1. The Labute approximate surface area is 211 Å². The number of fused-ring (bicyclic) bond motifs is 1. The Kier molecular flexibility index (Phi) is 5.83. The average molecular weight is 489 g/mol. The molecule has 188 valence electrons. The van der Waals surface area contributed by atoms with Crippen molar-refractivity contribution in [1.29, 1.82) is 0 Å². The van der Waals surface area contributed by atoms with Gasteiger partial charge in [-0.25, -0.2) is 4.39 Å². The van der Waals surface area contributed by atoms with Crippen LogP contribution in [0, 0.1) is 17.2 Å². The monoisotopic (exact) mass is 488 g/mol. The molecule has 1 atom stereocenters. The molecule has 6 rings (SSSR count). The van der Waals surface area contributed by atoms with Gasteiger partial charge < -0.3 is 14.4 Å². The number of hydrogen-bond donors (Lipinski definition) is 0. The SMILES string of the molecule is Cn1c(C(=O)N2CCC3(CC2)CC3C(=O)N2CCN(Cc3cccc(F)c3)CC2)cc2ccccc21. The Morgan fingerprint density at radius 1 is 0.917 bits per heavy atom. The van der Waals surface area contributed by atoms with Crippen LogP contribution < -0.4 is 0 Å². The molecular weight excluding hydrogens is 455 g/mol. The number of aromatic nitrogens is 1. The molecular formula is C29H33FN4O2. The quantitative estimate of drug-likeness (QED) is 0.560. The zero-order chi connectivity index (χ0) is 24.9. The number of piperazine rings is 1. The van der Waals surface area contributed by atoms with E-state index in [2.05, 4.69) is 4.90 Å². The second kappa shape index (κ2) is 9.04. The summed E-state index contributed by atoms with van der Waals surface area (Å²) < 4.78 is 15.5. The minimum absolute atomic E-state index is 0.0749. The zero-order valence-corrected chi connectivity index (χ0v) is 20.8. The normalized spacial score (nSPS) is 21.8. The van der Waals surface area contributed by atoms with E-state index in [4.69, 9.17) is 0 Å². The van der Waals surface area contributed by atoms with E-state index in [1.807, 2.05) is 57.8 Å². The van der Waals surface area contributed by atoms with Crippen LogP contribution in [0.4, 0.5) is 4.39 Å². The maximum absolute atomic E-state index is 13.5. The van der Waals surface area contributed by atoms with Gasteiger partial charge in [-0.3, -0.25) is 14.5 Å². The Hall–Kier alpha value is -3.19. The average Bonchev–Trinajstić information content (AvgIpc) is 3.49. The summed E-state index contributed by atoms with van der Waals surface area (Å²) in [5, 5.41) is 1.08. The van der Waals surface area contributed by atoms with Crippen LogP contribution in [0.25, 0.3) is 10.9 Å². The summed E-state index contributed by atoms with van der Waals surface area (Å²) in [6, 6.07) is 16.8. The summed E-state index contributed by atoms with van der Waals surface area (Å²) in [7, 11) is 1.95. The van der Waals surface area contributed by atoms with Crippen LogP contribution in [0.15, 0.2) is 54.6 Å². The summed E-state index contributed by atoms with van der Waals surface area (Å²) in [5.74, 6) is 0.266. The molecule has 3 aromatic rings. The summed E-state index contributed by atoms with van der Waals surface area (Å²) in [6.07, 6.45) is 2.75. The third kappa shape index (κ3) is 4.19. The Morgan fingerprint density at radius 3 is 2.39 bits per heavy atom. The lowest BCUT2D eigenvalue weighted by molar-refractivity contribution is -0.135. The summed E-state index contributed by atoms with van der Waals surface area (Å²) >= 11 is 0. The van der Waals surface area contributed by atoms with Crippen LogP contribution >= 0.6 is 0 Å². The lowest BCUT2D eigenvalue weighted by Crippen LogP contribution is -2.49. The van der Waals surface area contributed by atoms with Crippen LogP contribution in [0.2, 0.25) is 0 Å². The molecule has 3 aliphatic rings. The van der Waals surface area contributed by atoms with Crippen LogP contribution in [0.1, 0.15) is 35.3 Å². The van der Waals surface area contributed by atoms with Gasteiger partial charge in [0.05, 0.1) is 0 Å². The van der Waals surface area contributed by atoms with Crippen LogP contribution in [-0.4, -0.2) is 70.3 Å². The molecule has 2 aliphatic heterocycles. The van der Waals surface area contributed by atoms with Gasteiger partial charge in [0.25, 0.3) is 5.91 Å². The van der Waals surface area contributed by atoms with Crippen molar-refractivity contribution in [3.8, 4) is 0 Å². The number of carbonyl (C=O) groups is 2. The lowest BCUT2D eigenvalue weighted by Gasteiger charge is -2.36. The molecule has 36 heavy (non-hydrogen) atoms. The predicted molar refractivity (Wildman–Crippen MR) is 137 cm³/mol. The molecule has 1 saturated carbocycles. The highest BCUT2D eigenvalue weighted by molar-refractivity contribution is 5.98. The van der Waals surface area contributed by atoms with E-state index in [0.717, 1.165) is 67.6 Å². The Bertz CT molecular complexity index is 1300. The zero-order valence-electron chi connectivity index (χ0n) is 20.8. The molecule has 0 N–H and O–H groups in total. The minimum Gasteiger partial charge on any atom is -0.340 e. The van der Waals surface area contributed by atoms with Gasteiger partial charge in [-0.1, -0.05) is 30.3 Å². The fraction of sp³-hybridized carbons (Fsp3) is 0.448. The van der Waals surface area contributed by atoms with Gasteiger partial charge in [0.15, 0.2) is 0 Å². The molecule has 3 fully saturated rings. The highest BCUT2D eigenvalue weighted by Gasteiger charge is 2.59. The number of para-hydroxylation sites is 1. The highest BCUT2D eigenvalue weighted by Crippen LogP contribution is 2.60. The van der Waals surface area contributed by atoms with Crippen LogP contribution in [-0.2, 0) is 18.4 Å². The van der Waals surface area contributed by atoms with Gasteiger partial charge in [-0.2, -0.15) is 0 Å². The maximum atomic E-state index is 13.5. The molecule has 2 aromatic carbocycles. The molecule has 1 unspecified atom stereocenters. The predicted octanol–water partition coefficient (Wildman–Crippen LogP) is 3.90. The van der Waals surface area contributed by atoms with E-state index in [1.165, 1.54) is 6.07 Å². The third-order valence-electron chi connectivity index (χ3n) is 8.68. The second-order valence-electron chi connectivity index (χ2n) is 10.8. The van der Waals surface area contributed by atoms with Crippen molar-refractivity contribution in [3.63, 3.8) is 0 Å². The first-order valence-electron chi connectivity index (χ1n) is 13.0. The molecule has 0 radical (unpaired) electrons. The number of carbonyl (C=O) groups excluding carboxylic acids is 2. The number of amides is 2. The van der Waals surface area contributed by atoms with Crippen LogP contribution in [0.5, 0.6) is 0 Å². The van der Waals surface area contributed by atoms with Crippen molar-refractivity contribution >= 4 is 22.7 Å². The van der Waals surface area contributed by atoms with Gasteiger partial charge in [0.2, 0.25) is 5.91 Å². The van der Waals surface area contributed by atoms with E-state index in [9.17, 15) is 14.0 Å². The van der Waals surface area contributed by atoms with Crippen molar-refractivity contribution < 1.29 is 14.0 Å². The first-order chi connectivity index (χ1) is 17.4. The van der Waals surface area contributed by atoms with Crippen molar-refractivity contribution in [2.75, 3.05) is 39.3 Å². The number of piperidine rings is 1. The summed E-state index contributed by atoms with van der Waals surface area (Å²) in [5.41, 5.74) is 2.84. The number of likely N-dealkylation sites (tertiary alicyclic amines) is 1. The fourth-order valence-corrected chi connectivity index (χ4v) is 6.30. The van der Waals surface area contributed by atoms with E-state index >= 15 is 0 Å². The molecule has 1 spiro atoms. The van der Waals surface area contributed by atoms with Crippen molar-refractivity contribution in [2.45, 2.75) is 25.8 Å². The largest absolute Gasteiger partial charge is 0.340 e. The third-order valence-corrected chi connectivity index (χ3v) is 8.68. The minimum atomic E-state index is -0.204. The Morgan fingerprint density at radius 2 is 1.67 bits per heavy atom. The van der Waals surface area contributed by atoms with Gasteiger partial charge in [0, 0.05) is 69.7 Å².